The predicted octanol–water partition coefficient (Wildman–Crippen LogP) is 3.31. The summed E-state index contributed by atoms with van der Waals surface area (Å²) in [4.78, 5) is 4.22. The minimum Gasteiger partial charge on any atom is -0.497 e. The highest BCUT2D eigenvalue weighted by Crippen LogP contribution is 2.39. The number of nitrogens with zero attached hydrogens (tertiary/aromatic N) is 1. The van der Waals surface area contributed by atoms with E-state index in [0.29, 0.717) is 0 Å². The van der Waals surface area contributed by atoms with E-state index >= 15 is 0 Å². The van der Waals surface area contributed by atoms with E-state index in [-0.39, 0.29) is 29.4 Å². The first-order valence-electron chi connectivity index (χ1n) is 7.77. The molecule has 0 bridgehead atoms. The molecule has 5 heteroatoms. The average Bonchev–Trinajstić information content (AvgIpc) is 2.57. The fraction of sp³-hybridized carbons (Fsp3) is 0.588. The van der Waals surface area contributed by atoms with E-state index in [1.54, 1.807) is 14.2 Å². The van der Waals surface area contributed by atoms with Crippen LogP contribution in [0.2, 0.25) is 0 Å². The fourth-order valence-electron chi connectivity index (χ4n) is 3.27. The Labute approximate surface area is 151 Å². The molecule has 22 heavy (non-hydrogen) atoms. The molecule has 0 unspecified atom stereocenters. The van der Waals surface area contributed by atoms with Gasteiger partial charge in [0, 0.05) is 26.1 Å². The van der Waals surface area contributed by atoms with Crippen molar-refractivity contribution in [3.63, 3.8) is 0 Å². The largest absolute Gasteiger partial charge is 0.497 e. The molecule has 1 aliphatic carbocycles. The first-order valence-corrected chi connectivity index (χ1v) is 7.77. The number of nitrogens with one attached hydrogen (secondary N) is 2. The Morgan fingerprint density at radius 2 is 1.82 bits per heavy atom. The topological polar surface area (TPSA) is 45.7 Å². The molecule has 1 saturated carbocycles. The van der Waals surface area contributed by atoms with Crippen molar-refractivity contribution in [1.29, 1.82) is 0 Å². The van der Waals surface area contributed by atoms with Gasteiger partial charge >= 0.3 is 0 Å². The highest BCUT2D eigenvalue weighted by molar-refractivity contribution is 14.0. The second-order valence-corrected chi connectivity index (χ2v) is 5.75. The zero-order chi connectivity index (χ0) is 15.1. The van der Waals surface area contributed by atoms with Gasteiger partial charge < -0.3 is 15.4 Å². The van der Waals surface area contributed by atoms with Crippen LogP contribution in [-0.4, -0.2) is 33.7 Å². The Hall–Kier alpha value is -0.980. The van der Waals surface area contributed by atoms with Gasteiger partial charge in [-0.2, -0.15) is 0 Å². The molecule has 2 N–H and O–H groups in total. The van der Waals surface area contributed by atoms with Crippen LogP contribution in [0.15, 0.2) is 29.3 Å². The van der Waals surface area contributed by atoms with Crippen LogP contribution in [0.3, 0.4) is 0 Å². The summed E-state index contributed by atoms with van der Waals surface area (Å²) in [5.74, 6) is 1.78. The molecular formula is C17H28IN3O. The van der Waals surface area contributed by atoms with E-state index in [4.69, 9.17) is 4.74 Å². The molecule has 0 atom stereocenters. The predicted molar refractivity (Wildman–Crippen MR) is 104 cm³/mol. The van der Waals surface area contributed by atoms with Gasteiger partial charge in [0.1, 0.15) is 5.75 Å². The highest BCUT2D eigenvalue weighted by atomic mass is 127. The molecule has 1 aliphatic rings. The Balaban J connectivity index is 0.00000242. The second-order valence-electron chi connectivity index (χ2n) is 5.75. The van der Waals surface area contributed by atoms with Crippen LogP contribution in [-0.2, 0) is 5.41 Å². The number of methoxy groups -OCH3 is 1. The van der Waals surface area contributed by atoms with Crippen molar-refractivity contribution in [1.82, 2.24) is 10.6 Å². The van der Waals surface area contributed by atoms with E-state index in [1.165, 1.54) is 37.7 Å². The van der Waals surface area contributed by atoms with Crippen molar-refractivity contribution in [2.75, 3.05) is 27.7 Å². The highest BCUT2D eigenvalue weighted by Gasteiger charge is 2.33. The van der Waals surface area contributed by atoms with Crippen molar-refractivity contribution in [3.8, 4) is 5.75 Å². The molecule has 124 valence electrons. The number of benzene rings is 1. The SMILES string of the molecule is CN=C(NC)NCC1(c2ccc(OC)cc2)CCCCC1.I. The van der Waals surface area contributed by atoms with Gasteiger partial charge in [0.15, 0.2) is 5.96 Å². The quantitative estimate of drug-likeness (QED) is 0.449. The Morgan fingerprint density at radius 1 is 1.18 bits per heavy atom. The average molecular weight is 417 g/mol. The summed E-state index contributed by atoms with van der Waals surface area (Å²) in [6.45, 7) is 0.923. The summed E-state index contributed by atoms with van der Waals surface area (Å²) >= 11 is 0. The Kier molecular flexibility index (Phi) is 8.00. The van der Waals surface area contributed by atoms with Crippen molar-refractivity contribution in [3.05, 3.63) is 29.8 Å². The molecule has 0 amide bonds. The minimum atomic E-state index is 0. The number of hydrogen-bond donors (Lipinski definition) is 2. The van der Waals surface area contributed by atoms with Gasteiger partial charge in [-0.3, -0.25) is 4.99 Å². The van der Waals surface area contributed by atoms with Crippen molar-refractivity contribution >= 4 is 29.9 Å². The number of aliphatic imine (C=N–C) groups is 1. The van der Waals surface area contributed by atoms with Crippen LogP contribution in [0.1, 0.15) is 37.7 Å². The summed E-state index contributed by atoms with van der Waals surface area (Å²) in [5.41, 5.74) is 1.61. The maximum atomic E-state index is 5.28. The summed E-state index contributed by atoms with van der Waals surface area (Å²) in [6, 6.07) is 8.57. The normalized spacial score (nSPS) is 17.3. The molecule has 0 aliphatic heterocycles. The van der Waals surface area contributed by atoms with E-state index in [9.17, 15) is 0 Å². The number of ether oxygens (including phenoxy) is 1. The summed E-state index contributed by atoms with van der Waals surface area (Å²) in [5, 5.41) is 6.56. The van der Waals surface area contributed by atoms with Gasteiger partial charge in [-0.25, -0.2) is 0 Å². The molecule has 0 saturated heterocycles. The maximum Gasteiger partial charge on any atom is 0.190 e. The van der Waals surface area contributed by atoms with Gasteiger partial charge in [0.2, 0.25) is 0 Å². The zero-order valence-corrected chi connectivity index (χ0v) is 16.1. The van der Waals surface area contributed by atoms with E-state index in [0.717, 1.165) is 18.3 Å². The molecule has 0 spiro atoms. The Bertz CT molecular complexity index is 467. The van der Waals surface area contributed by atoms with Crippen LogP contribution < -0.4 is 15.4 Å². The van der Waals surface area contributed by atoms with Crippen molar-refractivity contribution < 1.29 is 4.74 Å². The lowest BCUT2D eigenvalue weighted by atomic mass is 9.69. The lowest BCUT2D eigenvalue weighted by molar-refractivity contribution is 0.291. The number of halogens is 1. The van der Waals surface area contributed by atoms with Crippen LogP contribution in [0.5, 0.6) is 5.75 Å². The third kappa shape index (κ3) is 4.51. The van der Waals surface area contributed by atoms with Crippen LogP contribution in [0.25, 0.3) is 0 Å². The van der Waals surface area contributed by atoms with Crippen molar-refractivity contribution in [2.45, 2.75) is 37.5 Å². The van der Waals surface area contributed by atoms with E-state index in [2.05, 4.69) is 39.9 Å². The lowest BCUT2D eigenvalue weighted by Gasteiger charge is -2.38. The summed E-state index contributed by atoms with van der Waals surface area (Å²) in [7, 11) is 5.42. The maximum absolute atomic E-state index is 5.28. The first kappa shape index (κ1) is 19.1. The Morgan fingerprint density at radius 3 is 2.32 bits per heavy atom. The molecule has 4 nitrogen and oxygen atoms in total. The van der Waals surface area contributed by atoms with Crippen LogP contribution in [0, 0.1) is 0 Å². The lowest BCUT2D eigenvalue weighted by Crippen LogP contribution is -2.45. The third-order valence-corrected chi connectivity index (χ3v) is 4.57. The van der Waals surface area contributed by atoms with Gasteiger partial charge in [-0.1, -0.05) is 31.4 Å². The number of guanidine groups is 1. The van der Waals surface area contributed by atoms with E-state index < -0.39 is 0 Å². The smallest absolute Gasteiger partial charge is 0.190 e. The van der Waals surface area contributed by atoms with Gasteiger partial charge in [0.25, 0.3) is 0 Å². The molecule has 2 rings (SSSR count). The standard InChI is InChI=1S/C17H27N3O.HI/c1-18-16(19-2)20-13-17(11-5-4-6-12-17)14-7-9-15(21-3)10-8-14;/h7-10H,4-6,11-13H2,1-3H3,(H2,18,19,20);1H. The third-order valence-electron chi connectivity index (χ3n) is 4.57. The molecule has 0 radical (unpaired) electrons. The molecule has 0 heterocycles. The fourth-order valence-corrected chi connectivity index (χ4v) is 3.27. The molecule has 1 aromatic carbocycles. The minimum absolute atomic E-state index is 0. The van der Waals surface area contributed by atoms with Gasteiger partial charge in [-0.15, -0.1) is 24.0 Å². The van der Waals surface area contributed by atoms with Crippen LogP contribution >= 0.6 is 24.0 Å². The number of rotatable bonds is 4. The second kappa shape index (κ2) is 9.22. The van der Waals surface area contributed by atoms with Crippen molar-refractivity contribution in [2.24, 2.45) is 4.99 Å². The monoisotopic (exact) mass is 417 g/mol. The molecule has 0 aromatic heterocycles. The summed E-state index contributed by atoms with van der Waals surface area (Å²) < 4.78 is 5.28. The van der Waals surface area contributed by atoms with Gasteiger partial charge in [-0.05, 0) is 30.5 Å². The summed E-state index contributed by atoms with van der Waals surface area (Å²) in [6.07, 6.45) is 6.40. The van der Waals surface area contributed by atoms with E-state index in [1.807, 2.05) is 7.05 Å². The van der Waals surface area contributed by atoms with Gasteiger partial charge in [0.05, 0.1) is 7.11 Å². The molecule has 1 fully saturated rings. The molecular weight excluding hydrogens is 389 g/mol. The first-order chi connectivity index (χ1) is 10.2. The number of hydrogen-bond acceptors (Lipinski definition) is 2. The zero-order valence-electron chi connectivity index (χ0n) is 13.8. The molecule has 1 aromatic rings. The van der Waals surface area contributed by atoms with Crippen LogP contribution in [0.4, 0.5) is 0 Å².